The van der Waals surface area contributed by atoms with E-state index in [1.807, 2.05) is 54.6 Å². The highest BCUT2D eigenvalue weighted by molar-refractivity contribution is 6.32. The van der Waals surface area contributed by atoms with Crippen molar-refractivity contribution in [2.75, 3.05) is 16.3 Å². The number of fused-ring (bicyclic) bond motifs is 6. The van der Waals surface area contributed by atoms with Gasteiger partial charge in [0.25, 0.3) is 0 Å². The molecule has 0 N–H and O–H groups in total. The Morgan fingerprint density at radius 3 is 1.96 bits per heavy atom. The number of aryl methyl sites for hydroxylation is 1. The molecule has 2 aliphatic heterocycles. The van der Waals surface area contributed by atoms with E-state index < -0.39 is 5.60 Å². The minimum atomic E-state index is -1.25. The second kappa shape index (κ2) is 12.5. The van der Waals surface area contributed by atoms with Crippen LogP contribution in [-0.4, -0.2) is 12.5 Å². The Labute approximate surface area is 291 Å². The first-order valence-electron chi connectivity index (χ1n) is 16.6. The molecule has 1 unspecified atom stereocenters. The van der Waals surface area contributed by atoms with Gasteiger partial charge < -0.3 is 19.3 Å². The van der Waals surface area contributed by atoms with Gasteiger partial charge >= 0.3 is 5.97 Å². The average Bonchev–Trinajstić information content (AvgIpc) is 3.42. The summed E-state index contributed by atoms with van der Waals surface area (Å²) in [6.07, 6.45) is 0. The number of anilines is 3. The van der Waals surface area contributed by atoms with E-state index in [9.17, 15) is 4.79 Å². The van der Waals surface area contributed by atoms with E-state index in [2.05, 4.69) is 109 Å². The third-order valence-electron chi connectivity index (χ3n) is 9.51. The van der Waals surface area contributed by atoms with Crippen LogP contribution in [0.5, 0.6) is 11.5 Å². The molecule has 0 saturated heterocycles. The van der Waals surface area contributed by atoms with E-state index in [-0.39, 0.29) is 5.97 Å². The van der Waals surface area contributed by atoms with Gasteiger partial charge in [-0.05, 0) is 67.4 Å². The lowest BCUT2D eigenvalue weighted by Crippen LogP contribution is -2.34. The van der Waals surface area contributed by atoms with Gasteiger partial charge in [0.05, 0.1) is 16.1 Å². The van der Waals surface area contributed by atoms with Crippen LogP contribution in [0.3, 0.4) is 0 Å². The molecule has 6 aromatic carbocycles. The van der Waals surface area contributed by atoms with Crippen LogP contribution >= 0.6 is 11.6 Å². The molecule has 0 amide bonds. The van der Waals surface area contributed by atoms with Gasteiger partial charge in [-0.15, -0.1) is 0 Å². The molecule has 0 saturated carbocycles. The van der Waals surface area contributed by atoms with E-state index in [1.54, 1.807) is 0 Å². The summed E-state index contributed by atoms with van der Waals surface area (Å²) in [5.41, 5.74) is 8.00. The van der Waals surface area contributed by atoms with Gasteiger partial charge in [-0.1, -0.05) is 108 Å². The number of carbonyl (C=O) groups excluding carboxylic acids is 1. The molecule has 5 nitrogen and oxygen atoms in total. The largest absolute Gasteiger partial charge is 0.455 e. The number of hydrogen-bond donors (Lipinski definition) is 0. The molecule has 0 aliphatic carbocycles. The molecule has 6 aromatic rings. The first-order chi connectivity index (χ1) is 23.9. The Balaban J connectivity index is 1.30. The SMILES string of the molecule is CCN(c1ccc(C)cc1)c1ccc2c(c1)Oc1c(Cl)cc(N(Cc3ccccc3)Cc3ccccc3)cc1C21OC(=O)c2ccccc21. The number of rotatable bonds is 8. The topological polar surface area (TPSA) is 42.0 Å². The van der Waals surface area contributed by atoms with Crippen molar-refractivity contribution in [1.29, 1.82) is 0 Å². The molecule has 2 heterocycles. The standard InChI is InChI=1S/C43H35ClN2O3/c1-3-46(32-20-18-29(2)19-21-32)33-22-23-37-40(26-33)48-41-38(43(37)36-17-11-10-16-35(36)42(47)49-43)24-34(25-39(41)44)45(27-30-12-6-4-7-13-30)28-31-14-8-5-9-15-31/h4-26H,3,27-28H2,1-2H3. The highest BCUT2D eigenvalue weighted by Crippen LogP contribution is 2.59. The van der Waals surface area contributed by atoms with Crippen molar-refractivity contribution in [2.45, 2.75) is 32.5 Å². The molecular weight excluding hydrogens is 628 g/mol. The smallest absolute Gasteiger partial charge is 0.340 e. The van der Waals surface area contributed by atoms with E-state index >= 15 is 0 Å². The third-order valence-corrected chi connectivity index (χ3v) is 9.79. The second-order valence-corrected chi connectivity index (χ2v) is 13.0. The van der Waals surface area contributed by atoms with Crippen LogP contribution in [0.1, 0.15) is 50.7 Å². The maximum atomic E-state index is 13.7. The van der Waals surface area contributed by atoms with Crippen LogP contribution in [0.4, 0.5) is 17.1 Å². The molecule has 0 bridgehead atoms. The van der Waals surface area contributed by atoms with Gasteiger partial charge in [0.15, 0.2) is 11.4 Å². The predicted molar refractivity (Wildman–Crippen MR) is 196 cm³/mol. The number of nitrogens with zero attached hydrogens (tertiary/aromatic N) is 2. The zero-order valence-corrected chi connectivity index (χ0v) is 28.2. The Morgan fingerprint density at radius 1 is 0.653 bits per heavy atom. The van der Waals surface area contributed by atoms with Crippen molar-refractivity contribution >= 4 is 34.6 Å². The quantitative estimate of drug-likeness (QED) is 0.152. The molecule has 242 valence electrons. The van der Waals surface area contributed by atoms with Crippen LogP contribution in [0.25, 0.3) is 0 Å². The van der Waals surface area contributed by atoms with Crippen molar-refractivity contribution < 1.29 is 14.3 Å². The zero-order chi connectivity index (χ0) is 33.5. The van der Waals surface area contributed by atoms with Gasteiger partial charge in [-0.3, -0.25) is 0 Å². The number of esters is 1. The lowest BCUT2D eigenvalue weighted by molar-refractivity contribution is 0.0224. The maximum Gasteiger partial charge on any atom is 0.340 e. The first kappa shape index (κ1) is 30.8. The van der Waals surface area contributed by atoms with Crippen molar-refractivity contribution in [1.82, 2.24) is 0 Å². The minimum absolute atomic E-state index is 0.375. The van der Waals surface area contributed by atoms with Crippen molar-refractivity contribution in [2.24, 2.45) is 0 Å². The molecule has 1 spiro atoms. The Bertz CT molecular complexity index is 2130. The molecule has 0 radical (unpaired) electrons. The van der Waals surface area contributed by atoms with Crippen LogP contribution in [0.2, 0.25) is 5.02 Å². The first-order valence-corrected chi connectivity index (χ1v) is 17.0. The van der Waals surface area contributed by atoms with E-state index in [0.717, 1.165) is 34.7 Å². The molecular formula is C43H35ClN2O3. The maximum absolute atomic E-state index is 13.7. The van der Waals surface area contributed by atoms with Crippen LogP contribution in [-0.2, 0) is 23.4 Å². The average molecular weight is 663 g/mol. The molecule has 2 aliphatic rings. The number of hydrogen-bond acceptors (Lipinski definition) is 5. The molecule has 0 aromatic heterocycles. The lowest BCUT2D eigenvalue weighted by Gasteiger charge is -2.38. The normalized spacial score (nSPS) is 15.5. The highest BCUT2D eigenvalue weighted by Gasteiger charge is 2.54. The predicted octanol–water partition coefficient (Wildman–Crippen LogP) is 10.6. The fourth-order valence-corrected chi connectivity index (χ4v) is 7.39. The molecule has 0 fully saturated rings. The summed E-state index contributed by atoms with van der Waals surface area (Å²) in [4.78, 5) is 18.2. The monoisotopic (exact) mass is 662 g/mol. The van der Waals surface area contributed by atoms with Crippen LogP contribution < -0.4 is 14.5 Å². The van der Waals surface area contributed by atoms with Gasteiger partial charge in [-0.2, -0.15) is 0 Å². The zero-order valence-electron chi connectivity index (χ0n) is 27.4. The van der Waals surface area contributed by atoms with Gasteiger partial charge in [0.1, 0.15) is 5.75 Å². The number of benzene rings is 6. The third kappa shape index (κ3) is 5.41. The summed E-state index contributed by atoms with van der Waals surface area (Å²) < 4.78 is 13.3. The van der Waals surface area contributed by atoms with Crippen molar-refractivity contribution in [3.8, 4) is 11.5 Å². The van der Waals surface area contributed by atoms with Gasteiger partial charge in [-0.25, -0.2) is 4.79 Å². The molecule has 49 heavy (non-hydrogen) atoms. The molecule has 8 rings (SSSR count). The highest BCUT2D eigenvalue weighted by atomic mass is 35.5. The van der Waals surface area contributed by atoms with Crippen molar-refractivity contribution in [3.63, 3.8) is 0 Å². The van der Waals surface area contributed by atoms with E-state index in [4.69, 9.17) is 21.1 Å². The number of halogens is 1. The Morgan fingerprint density at radius 2 is 1.29 bits per heavy atom. The summed E-state index contributed by atoms with van der Waals surface area (Å²) in [6, 6.07) is 47.1. The number of carbonyl (C=O) groups is 1. The molecule has 1 atom stereocenters. The second-order valence-electron chi connectivity index (χ2n) is 12.6. The van der Waals surface area contributed by atoms with Crippen molar-refractivity contribution in [3.05, 3.63) is 183 Å². The Hall–Kier alpha value is -5.52. The number of ether oxygens (including phenoxy) is 2. The minimum Gasteiger partial charge on any atom is -0.455 e. The Kier molecular flexibility index (Phi) is 7.85. The fraction of sp³-hybridized carbons (Fsp3) is 0.140. The summed E-state index contributed by atoms with van der Waals surface area (Å²) in [5.74, 6) is 0.706. The fourth-order valence-electron chi connectivity index (χ4n) is 7.14. The lowest BCUT2D eigenvalue weighted by atomic mass is 9.77. The van der Waals surface area contributed by atoms with E-state index in [0.29, 0.717) is 40.7 Å². The van der Waals surface area contributed by atoms with Gasteiger partial charge in [0.2, 0.25) is 0 Å². The van der Waals surface area contributed by atoms with E-state index in [1.165, 1.54) is 16.7 Å². The summed E-state index contributed by atoms with van der Waals surface area (Å²) >= 11 is 7.23. The summed E-state index contributed by atoms with van der Waals surface area (Å²) in [7, 11) is 0. The van der Waals surface area contributed by atoms with Crippen LogP contribution in [0.15, 0.2) is 140 Å². The van der Waals surface area contributed by atoms with Gasteiger partial charge in [0, 0.05) is 53.9 Å². The summed E-state index contributed by atoms with van der Waals surface area (Å²) in [5, 5.41) is 0.445. The molecule has 6 heteroatoms. The summed E-state index contributed by atoms with van der Waals surface area (Å²) in [6.45, 7) is 6.27. The van der Waals surface area contributed by atoms with Crippen LogP contribution in [0, 0.1) is 6.92 Å².